The Balaban J connectivity index is 1.70. The molecule has 2 aromatic heterocycles. The van der Waals surface area contributed by atoms with Crippen molar-refractivity contribution in [2.75, 3.05) is 0 Å². The molecule has 0 aliphatic rings. The molecule has 0 radical (unpaired) electrons. The second kappa shape index (κ2) is 8.63. The van der Waals surface area contributed by atoms with Crippen molar-refractivity contribution < 1.29 is 18.3 Å². The number of phenolic OH excluding ortho intramolecular Hbond substituents is 1. The summed E-state index contributed by atoms with van der Waals surface area (Å²) in [5.74, 6) is -0.660. The molecular weight excluding hydrogens is 479 g/mol. The average Bonchev–Trinajstić information content (AvgIpc) is 3.19. The molecule has 0 saturated heterocycles. The maximum atomic E-state index is 13.4. The van der Waals surface area contributed by atoms with E-state index < -0.39 is 23.0 Å². The van der Waals surface area contributed by atoms with Gasteiger partial charge in [0.05, 0.1) is 11.1 Å². The molecule has 0 bridgehead atoms. The number of aromatic amines is 1. The molecule has 5 aromatic rings. The van der Waals surface area contributed by atoms with Crippen LogP contribution in [0.25, 0.3) is 27.9 Å². The van der Waals surface area contributed by atoms with E-state index in [1.165, 1.54) is 10.7 Å². The predicted molar refractivity (Wildman–Crippen MR) is 128 cm³/mol. The summed E-state index contributed by atoms with van der Waals surface area (Å²) in [7, 11) is 0. The number of aromatic nitrogens is 3. The summed E-state index contributed by atoms with van der Waals surface area (Å²) in [4.78, 5) is 17.9. The van der Waals surface area contributed by atoms with Crippen LogP contribution in [-0.2, 0) is 12.6 Å². The van der Waals surface area contributed by atoms with Gasteiger partial charge in [0.25, 0.3) is 5.56 Å². The lowest BCUT2D eigenvalue weighted by Gasteiger charge is -2.10. The summed E-state index contributed by atoms with van der Waals surface area (Å²) in [6, 6.07) is 19.2. The van der Waals surface area contributed by atoms with Crippen LogP contribution in [0.15, 0.2) is 83.8 Å². The van der Waals surface area contributed by atoms with Crippen molar-refractivity contribution in [3.05, 3.63) is 111 Å². The van der Waals surface area contributed by atoms with Gasteiger partial charge in [0, 0.05) is 34.5 Å². The molecule has 2 N–H and O–H groups in total. The molecule has 2 heterocycles. The highest BCUT2D eigenvalue weighted by atomic mass is 35.5. The molecule has 35 heavy (non-hydrogen) atoms. The van der Waals surface area contributed by atoms with Crippen molar-refractivity contribution in [3.8, 4) is 28.0 Å². The zero-order chi connectivity index (χ0) is 24.7. The van der Waals surface area contributed by atoms with Gasteiger partial charge in [0.1, 0.15) is 5.75 Å². The van der Waals surface area contributed by atoms with Crippen molar-refractivity contribution in [3.63, 3.8) is 0 Å². The van der Waals surface area contributed by atoms with Gasteiger partial charge in [-0.05, 0) is 41.5 Å². The summed E-state index contributed by atoms with van der Waals surface area (Å²) in [5, 5.41) is 13.9. The fourth-order valence-corrected chi connectivity index (χ4v) is 4.16. The number of H-pyrrole nitrogens is 1. The van der Waals surface area contributed by atoms with E-state index in [2.05, 4.69) is 10.1 Å². The number of rotatable bonds is 4. The highest BCUT2D eigenvalue weighted by Gasteiger charge is 2.31. The summed E-state index contributed by atoms with van der Waals surface area (Å²) in [6.45, 7) is 0. The molecule has 5 nitrogen and oxygen atoms in total. The minimum absolute atomic E-state index is 0.0381. The fourth-order valence-electron chi connectivity index (χ4n) is 4.03. The minimum Gasteiger partial charge on any atom is -0.507 e. The van der Waals surface area contributed by atoms with Gasteiger partial charge >= 0.3 is 6.18 Å². The molecule has 3 aromatic carbocycles. The highest BCUT2D eigenvalue weighted by Crippen LogP contribution is 2.36. The lowest BCUT2D eigenvalue weighted by molar-refractivity contribution is -0.137. The molecule has 0 unspecified atom stereocenters. The minimum atomic E-state index is -4.62. The number of hydrogen-bond acceptors (Lipinski definition) is 3. The topological polar surface area (TPSA) is 70.4 Å². The van der Waals surface area contributed by atoms with Gasteiger partial charge in [-0.3, -0.25) is 9.89 Å². The van der Waals surface area contributed by atoms with E-state index >= 15 is 0 Å². The Morgan fingerprint density at radius 1 is 0.971 bits per heavy atom. The van der Waals surface area contributed by atoms with E-state index in [0.717, 1.165) is 29.0 Å². The van der Waals surface area contributed by atoms with Crippen LogP contribution in [0, 0.1) is 0 Å². The number of nitrogens with one attached hydrogen (secondary N) is 1. The van der Waals surface area contributed by atoms with E-state index in [-0.39, 0.29) is 11.1 Å². The Labute approximate surface area is 202 Å². The van der Waals surface area contributed by atoms with Crippen LogP contribution in [0.2, 0.25) is 5.02 Å². The summed E-state index contributed by atoms with van der Waals surface area (Å²) in [6.07, 6.45) is -2.88. The lowest BCUT2D eigenvalue weighted by atomic mass is 10.0. The van der Waals surface area contributed by atoms with Crippen molar-refractivity contribution >= 4 is 17.2 Å². The molecule has 9 heteroatoms. The molecule has 0 aliphatic carbocycles. The number of hydrogen-bond donors (Lipinski definition) is 2. The van der Waals surface area contributed by atoms with Crippen LogP contribution in [0.5, 0.6) is 5.75 Å². The second-order valence-electron chi connectivity index (χ2n) is 8.00. The van der Waals surface area contributed by atoms with Crippen LogP contribution in [-0.4, -0.2) is 19.7 Å². The Bertz CT molecular complexity index is 1590. The van der Waals surface area contributed by atoms with Crippen molar-refractivity contribution in [2.45, 2.75) is 12.6 Å². The average molecular weight is 496 g/mol. The number of aromatic hydroxyl groups is 1. The fraction of sp³-hybridized carbons (Fsp3) is 0.0769. The largest absolute Gasteiger partial charge is 0.507 e. The molecular formula is C26H17ClF3N3O2. The van der Waals surface area contributed by atoms with E-state index in [4.69, 9.17) is 11.6 Å². The Kier molecular flexibility index (Phi) is 5.61. The van der Waals surface area contributed by atoms with E-state index in [9.17, 15) is 23.1 Å². The summed E-state index contributed by atoms with van der Waals surface area (Å²) in [5.41, 5.74) is 1.91. The molecule has 0 amide bonds. The first-order chi connectivity index (χ1) is 16.7. The van der Waals surface area contributed by atoms with E-state index in [0.29, 0.717) is 28.7 Å². The van der Waals surface area contributed by atoms with Crippen molar-refractivity contribution in [2.24, 2.45) is 0 Å². The second-order valence-corrected chi connectivity index (χ2v) is 8.44. The van der Waals surface area contributed by atoms with Crippen LogP contribution in [0.3, 0.4) is 0 Å². The lowest BCUT2D eigenvalue weighted by Crippen LogP contribution is -2.17. The van der Waals surface area contributed by atoms with Gasteiger partial charge in [-0.1, -0.05) is 54.1 Å². The van der Waals surface area contributed by atoms with Crippen molar-refractivity contribution in [1.29, 1.82) is 0 Å². The van der Waals surface area contributed by atoms with Gasteiger partial charge in [0.15, 0.2) is 5.65 Å². The number of alkyl halides is 3. The Morgan fingerprint density at radius 2 is 1.69 bits per heavy atom. The first kappa shape index (κ1) is 22.7. The molecule has 5 rings (SSSR count). The van der Waals surface area contributed by atoms with Crippen molar-refractivity contribution in [1.82, 2.24) is 14.6 Å². The number of halogens is 4. The third-order valence-corrected chi connectivity index (χ3v) is 5.96. The van der Waals surface area contributed by atoms with Gasteiger partial charge in [-0.25, -0.2) is 9.50 Å². The normalized spacial score (nSPS) is 11.8. The summed E-state index contributed by atoms with van der Waals surface area (Å²) < 4.78 is 40.2. The molecule has 0 saturated carbocycles. The molecule has 176 valence electrons. The number of fused-ring (bicyclic) bond motifs is 1. The quantitative estimate of drug-likeness (QED) is 0.306. The van der Waals surface area contributed by atoms with Gasteiger partial charge in [-0.15, -0.1) is 0 Å². The smallest absolute Gasteiger partial charge is 0.416 e. The maximum absolute atomic E-state index is 13.4. The van der Waals surface area contributed by atoms with Crippen LogP contribution < -0.4 is 5.56 Å². The van der Waals surface area contributed by atoms with E-state index in [1.54, 1.807) is 12.1 Å². The third-order valence-electron chi connectivity index (χ3n) is 5.71. The highest BCUT2D eigenvalue weighted by molar-refractivity contribution is 6.30. The standard InChI is InChI=1S/C26H17ClF3N3O2/c27-18-9-6-16(7-10-18)23-21(12-15-4-2-1-3-5-15)32-33-24(23)31-14-20(25(33)35)19-11-8-17(13-22(19)34)26(28,29)30/h1-11,13-14,32,34H,12H2. The van der Waals surface area contributed by atoms with Gasteiger partial charge in [0.2, 0.25) is 0 Å². The zero-order valence-corrected chi connectivity index (χ0v) is 18.7. The number of nitrogens with zero attached hydrogens (tertiary/aromatic N) is 2. The van der Waals surface area contributed by atoms with Gasteiger partial charge in [-0.2, -0.15) is 13.2 Å². The monoisotopic (exact) mass is 495 g/mol. The number of phenols is 1. The molecule has 0 atom stereocenters. The van der Waals surface area contributed by atoms with E-state index in [1.807, 2.05) is 42.5 Å². The molecule has 0 spiro atoms. The van der Waals surface area contributed by atoms with Crippen LogP contribution in [0.4, 0.5) is 13.2 Å². The Hall–Kier alpha value is -4.04. The summed E-state index contributed by atoms with van der Waals surface area (Å²) >= 11 is 6.06. The first-order valence-corrected chi connectivity index (χ1v) is 10.9. The SMILES string of the molecule is O=c1c(-c2ccc(C(F)(F)F)cc2O)cnc2c(-c3ccc(Cl)cc3)c(Cc3ccccc3)[nH]n12. The van der Waals surface area contributed by atoms with Crippen LogP contribution >= 0.6 is 11.6 Å². The van der Waals surface area contributed by atoms with Gasteiger partial charge < -0.3 is 5.11 Å². The zero-order valence-electron chi connectivity index (χ0n) is 18.0. The maximum Gasteiger partial charge on any atom is 0.416 e. The molecule has 0 fully saturated rings. The first-order valence-electron chi connectivity index (χ1n) is 10.6. The third kappa shape index (κ3) is 4.28. The Morgan fingerprint density at radius 3 is 2.34 bits per heavy atom. The number of benzene rings is 3. The predicted octanol–water partition coefficient (Wildman–Crippen LogP) is 6.33. The van der Waals surface area contributed by atoms with Crippen LogP contribution in [0.1, 0.15) is 16.8 Å². The molecule has 0 aliphatic heterocycles.